The number of carbonyl (C=O) groups excluding carboxylic acids is 1. The molecule has 0 bridgehead atoms. The molecule has 0 spiro atoms. The second-order valence-corrected chi connectivity index (χ2v) is 6.27. The molecule has 94 valence electrons. The molecule has 1 unspecified atom stereocenters. The number of piperidine rings is 1. The van der Waals surface area contributed by atoms with Crippen LogP contribution in [0.15, 0.2) is 0 Å². The number of unbranched alkanes of at least 4 members (excludes halogenated alkanes) is 3. The van der Waals surface area contributed by atoms with Crippen molar-refractivity contribution >= 4 is 5.78 Å². The number of carbonyl (C=O) groups is 1. The van der Waals surface area contributed by atoms with Gasteiger partial charge in [0, 0.05) is 23.9 Å². The Balaban J connectivity index is 2.45. The van der Waals surface area contributed by atoms with Crippen molar-refractivity contribution in [2.75, 3.05) is 0 Å². The average Bonchev–Trinajstić information content (AvgIpc) is 2.08. The van der Waals surface area contributed by atoms with Gasteiger partial charge in [-0.2, -0.15) is 0 Å². The van der Waals surface area contributed by atoms with E-state index >= 15 is 0 Å². The standard InChI is InChI=1S/C14H27NO/c1-5-6-7-8-9-14(4)11-12(16)10-13(2,3)15-14/h15H,5-11H2,1-4H3. The van der Waals surface area contributed by atoms with Crippen molar-refractivity contribution in [2.24, 2.45) is 0 Å². The maximum absolute atomic E-state index is 11.7. The van der Waals surface area contributed by atoms with Gasteiger partial charge in [0.05, 0.1) is 0 Å². The lowest BCUT2D eigenvalue weighted by Gasteiger charge is -2.44. The highest BCUT2D eigenvalue weighted by molar-refractivity contribution is 5.81. The molecule has 0 radical (unpaired) electrons. The van der Waals surface area contributed by atoms with Gasteiger partial charge in [-0.1, -0.05) is 32.6 Å². The van der Waals surface area contributed by atoms with E-state index in [-0.39, 0.29) is 11.1 Å². The Morgan fingerprint density at radius 1 is 1.12 bits per heavy atom. The maximum atomic E-state index is 11.7. The molecule has 0 aliphatic carbocycles. The monoisotopic (exact) mass is 225 g/mol. The molecule has 0 aromatic carbocycles. The molecular formula is C14H27NO. The van der Waals surface area contributed by atoms with Crippen molar-refractivity contribution in [3.05, 3.63) is 0 Å². The van der Waals surface area contributed by atoms with Gasteiger partial charge in [-0.25, -0.2) is 0 Å². The van der Waals surface area contributed by atoms with Crippen LogP contribution in [-0.4, -0.2) is 16.9 Å². The van der Waals surface area contributed by atoms with Crippen LogP contribution in [0.25, 0.3) is 0 Å². The van der Waals surface area contributed by atoms with Gasteiger partial charge in [0.25, 0.3) is 0 Å². The minimum atomic E-state index is -0.0190. The molecule has 0 saturated carbocycles. The summed E-state index contributed by atoms with van der Waals surface area (Å²) in [7, 11) is 0. The Bertz CT molecular complexity index is 247. The number of nitrogens with one attached hydrogen (secondary N) is 1. The molecule has 1 rings (SSSR count). The van der Waals surface area contributed by atoms with E-state index in [1.54, 1.807) is 0 Å². The number of rotatable bonds is 5. The fourth-order valence-corrected chi connectivity index (χ4v) is 2.99. The Kier molecular flexibility index (Phi) is 4.54. The van der Waals surface area contributed by atoms with Gasteiger partial charge in [0.1, 0.15) is 5.78 Å². The smallest absolute Gasteiger partial charge is 0.136 e. The summed E-state index contributed by atoms with van der Waals surface area (Å²) in [6.45, 7) is 8.70. The Morgan fingerprint density at radius 2 is 1.81 bits per heavy atom. The Morgan fingerprint density at radius 3 is 2.38 bits per heavy atom. The summed E-state index contributed by atoms with van der Waals surface area (Å²) in [4.78, 5) is 11.7. The average molecular weight is 225 g/mol. The van der Waals surface area contributed by atoms with Crippen LogP contribution >= 0.6 is 0 Å². The number of hydrogen-bond acceptors (Lipinski definition) is 2. The second kappa shape index (κ2) is 5.31. The van der Waals surface area contributed by atoms with Crippen LogP contribution in [0.1, 0.15) is 72.6 Å². The first-order valence-corrected chi connectivity index (χ1v) is 6.68. The highest BCUT2D eigenvalue weighted by atomic mass is 16.1. The van der Waals surface area contributed by atoms with Crippen molar-refractivity contribution in [1.29, 1.82) is 0 Å². The summed E-state index contributed by atoms with van der Waals surface area (Å²) in [5, 5.41) is 3.66. The number of Topliss-reactive ketones (excluding diaryl/α,β-unsaturated/α-hetero) is 1. The van der Waals surface area contributed by atoms with Crippen molar-refractivity contribution in [3.8, 4) is 0 Å². The summed E-state index contributed by atoms with van der Waals surface area (Å²) in [6, 6.07) is 0. The van der Waals surface area contributed by atoms with Gasteiger partial charge in [-0.3, -0.25) is 4.79 Å². The van der Waals surface area contributed by atoms with Gasteiger partial charge >= 0.3 is 0 Å². The molecule has 0 aromatic heterocycles. The molecule has 1 saturated heterocycles. The third-order valence-electron chi connectivity index (χ3n) is 3.45. The largest absolute Gasteiger partial charge is 0.306 e. The zero-order valence-electron chi connectivity index (χ0n) is 11.4. The fraction of sp³-hybridized carbons (Fsp3) is 0.929. The molecule has 1 N–H and O–H groups in total. The third-order valence-corrected chi connectivity index (χ3v) is 3.45. The van der Waals surface area contributed by atoms with E-state index in [2.05, 4.69) is 33.0 Å². The molecular weight excluding hydrogens is 198 g/mol. The lowest BCUT2D eigenvalue weighted by atomic mass is 9.78. The zero-order valence-corrected chi connectivity index (χ0v) is 11.4. The van der Waals surface area contributed by atoms with E-state index in [1.165, 1.54) is 25.7 Å². The number of hydrogen-bond donors (Lipinski definition) is 1. The highest BCUT2D eigenvalue weighted by Gasteiger charge is 2.39. The van der Waals surface area contributed by atoms with Crippen LogP contribution in [0.4, 0.5) is 0 Å². The van der Waals surface area contributed by atoms with E-state index in [0.717, 1.165) is 6.42 Å². The molecule has 0 aromatic rings. The first-order valence-electron chi connectivity index (χ1n) is 6.68. The minimum Gasteiger partial charge on any atom is -0.306 e. The zero-order chi connectivity index (χ0) is 12.2. The SMILES string of the molecule is CCCCCCC1(C)CC(=O)CC(C)(C)N1. The highest BCUT2D eigenvalue weighted by Crippen LogP contribution is 2.30. The quantitative estimate of drug-likeness (QED) is 0.726. The van der Waals surface area contributed by atoms with Crippen LogP contribution in [0.3, 0.4) is 0 Å². The minimum absolute atomic E-state index is 0.0190. The molecule has 0 amide bonds. The summed E-state index contributed by atoms with van der Waals surface area (Å²) in [5.41, 5.74) is 0.0153. The van der Waals surface area contributed by atoms with Crippen molar-refractivity contribution < 1.29 is 4.79 Å². The lowest BCUT2D eigenvalue weighted by molar-refractivity contribution is -0.124. The summed E-state index contributed by atoms with van der Waals surface area (Å²) in [5.74, 6) is 0.418. The van der Waals surface area contributed by atoms with Crippen LogP contribution in [0.5, 0.6) is 0 Å². The van der Waals surface area contributed by atoms with Gasteiger partial charge in [-0.15, -0.1) is 0 Å². The van der Waals surface area contributed by atoms with E-state index in [1.807, 2.05) is 0 Å². The molecule has 2 nitrogen and oxygen atoms in total. The maximum Gasteiger partial charge on any atom is 0.136 e. The summed E-state index contributed by atoms with van der Waals surface area (Å²) >= 11 is 0. The fourth-order valence-electron chi connectivity index (χ4n) is 2.99. The van der Waals surface area contributed by atoms with Crippen molar-refractivity contribution in [2.45, 2.75) is 83.7 Å². The first kappa shape index (κ1) is 13.7. The normalized spacial score (nSPS) is 29.4. The van der Waals surface area contributed by atoms with Gasteiger partial charge in [0.15, 0.2) is 0 Å². The van der Waals surface area contributed by atoms with E-state index < -0.39 is 0 Å². The van der Waals surface area contributed by atoms with Crippen molar-refractivity contribution in [1.82, 2.24) is 5.32 Å². The second-order valence-electron chi connectivity index (χ2n) is 6.27. The molecule has 16 heavy (non-hydrogen) atoms. The Labute approximate surface area is 100 Å². The van der Waals surface area contributed by atoms with Crippen LogP contribution in [0, 0.1) is 0 Å². The van der Waals surface area contributed by atoms with Gasteiger partial charge < -0.3 is 5.32 Å². The van der Waals surface area contributed by atoms with Gasteiger partial charge in [-0.05, 0) is 27.2 Å². The van der Waals surface area contributed by atoms with E-state index in [0.29, 0.717) is 18.6 Å². The Hall–Kier alpha value is -0.370. The van der Waals surface area contributed by atoms with Crippen LogP contribution in [0.2, 0.25) is 0 Å². The van der Waals surface area contributed by atoms with Crippen LogP contribution < -0.4 is 5.32 Å². The van der Waals surface area contributed by atoms with E-state index in [9.17, 15) is 4.79 Å². The van der Waals surface area contributed by atoms with Crippen LogP contribution in [-0.2, 0) is 4.79 Å². The first-order chi connectivity index (χ1) is 7.37. The molecule has 2 heteroatoms. The number of ketones is 1. The summed E-state index contributed by atoms with van der Waals surface area (Å²) in [6.07, 6.45) is 7.63. The molecule has 1 heterocycles. The molecule has 1 fully saturated rings. The summed E-state index contributed by atoms with van der Waals surface area (Å²) < 4.78 is 0. The molecule has 1 aliphatic rings. The predicted octanol–water partition coefficient (Wildman–Crippen LogP) is 3.45. The van der Waals surface area contributed by atoms with Crippen molar-refractivity contribution in [3.63, 3.8) is 0 Å². The predicted molar refractivity (Wildman–Crippen MR) is 68.6 cm³/mol. The van der Waals surface area contributed by atoms with E-state index in [4.69, 9.17) is 0 Å². The topological polar surface area (TPSA) is 29.1 Å². The van der Waals surface area contributed by atoms with Gasteiger partial charge in [0.2, 0.25) is 0 Å². The molecule has 1 aliphatic heterocycles. The lowest BCUT2D eigenvalue weighted by Crippen LogP contribution is -2.59. The molecule has 1 atom stereocenters. The third kappa shape index (κ3) is 4.25.